The van der Waals surface area contributed by atoms with Crippen LogP contribution in [0.25, 0.3) is 5.69 Å². The van der Waals surface area contributed by atoms with E-state index < -0.39 is 5.82 Å². The first-order valence-corrected chi connectivity index (χ1v) is 5.32. The van der Waals surface area contributed by atoms with Crippen molar-refractivity contribution in [1.82, 2.24) is 9.78 Å². The maximum Gasteiger partial charge on any atom is 0.150 e. The molecule has 2 rings (SSSR count). The molecule has 3 nitrogen and oxygen atoms in total. The fourth-order valence-corrected chi connectivity index (χ4v) is 1.72. The molecule has 0 spiro atoms. The van der Waals surface area contributed by atoms with Crippen molar-refractivity contribution in [3.8, 4) is 5.69 Å². The molecule has 0 bridgehead atoms. The Bertz CT molecular complexity index is 587. The van der Waals surface area contributed by atoms with Crippen molar-refractivity contribution in [3.05, 3.63) is 46.5 Å². The van der Waals surface area contributed by atoms with Crippen LogP contribution in [-0.2, 0) is 0 Å². The molecule has 0 N–H and O–H groups in total. The molecular formula is C13H13FN2O. The van der Waals surface area contributed by atoms with Crippen LogP contribution in [-0.4, -0.2) is 16.1 Å². The van der Waals surface area contributed by atoms with Crippen LogP contribution in [0.5, 0.6) is 0 Å². The van der Waals surface area contributed by atoms with Crippen LogP contribution < -0.4 is 0 Å². The molecular weight excluding hydrogens is 219 g/mol. The highest BCUT2D eigenvalue weighted by molar-refractivity contribution is 5.75. The standard InChI is InChI=1S/C13H13FN2O/c1-8-9(2)15-16(10(8)3)13-5-4-11(7-17)6-12(13)14/h4-7H,1-3H3. The molecule has 0 saturated carbocycles. The summed E-state index contributed by atoms with van der Waals surface area (Å²) in [5.41, 5.74) is 3.51. The van der Waals surface area contributed by atoms with E-state index in [1.807, 2.05) is 20.8 Å². The largest absolute Gasteiger partial charge is 0.298 e. The average molecular weight is 232 g/mol. The van der Waals surface area contributed by atoms with E-state index in [1.165, 1.54) is 6.07 Å². The van der Waals surface area contributed by atoms with Gasteiger partial charge in [0.25, 0.3) is 0 Å². The molecule has 0 aliphatic carbocycles. The molecule has 0 radical (unpaired) electrons. The lowest BCUT2D eigenvalue weighted by Gasteiger charge is -2.06. The summed E-state index contributed by atoms with van der Waals surface area (Å²) in [6, 6.07) is 4.36. The third-order valence-corrected chi connectivity index (χ3v) is 2.99. The van der Waals surface area contributed by atoms with Gasteiger partial charge in [0, 0.05) is 11.3 Å². The van der Waals surface area contributed by atoms with Crippen LogP contribution in [0, 0.1) is 26.6 Å². The minimum absolute atomic E-state index is 0.324. The van der Waals surface area contributed by atoms with Gasteiger partial charge in [0.2, 0.25) is 0 Å². The first kappa shape index (κ1) is 11.5. The Morgan fingerprint density at radius 1 is 1.29 bits per heavy atom. The summed E-state index contributed by atoms with van der Waals surface area (Å²) >= 11 is 0. The summed E-state index contributed by atoms with van der Waals surface area (Å²) in [6.07, 6.45) is 0.624. The van der Waals surface area contributed by atoms with Crippen molar-refractivity contribution in [2.24, 2.45) is 0 Å². The minimum Gasteiger partial charge on any atom is -0.298 e. The SMILES string of the molecule is Cc1nn(-c2ccc(C=O)cc2F)c(C)c1C. The number of aryl methyl sites for hydroxylation is 1. The summed E-state index contributed by atoms with van der Waals surface area (Å²) in [7, 11) is 0. The van der Waals surface area contributed by atoms with Crippen LogP contribution >= 0.6 is 0 Å². The Labute approximate surface area is 98.9 Å². The van der Waals surface area contributed by atoms with Crippen LogP contribution in [0.4, 0.5) is 4.39 Å². The van der Waals surface area contributed by atoms with E-state index in [9.17, 15) is 9.18 Å². The summed E-state index contributed by atoms with van der Waals surface area (Å²) in [6.45, 7) is 5.73. The third kappa shape index (κ3) is 1.86. The molecule has 1 aromatic carbocycles. The Kier molecular flexibility index (Phi) is 2.79. The number of nitrogens with zero attached hydrogens (tertiary/aromatic N) is 2. The molecule has 1 aromatic heterocycles. The van der Waals surface area contributed by atoms with Gasteiger partial charge in [-0.1, -0.05) is 0 Å². The van der Waals surface area contributed by atoms with E-state index in [2.05, 4.69) is 5.10 Å². The molecule has 0 amide bonds. The summed E-state index contributed by atoms with van der Waals surface area (Å²) < 4.78 is 15.4. The monoisotopic (exact) mass is 232 g/mol. The first-order chi connectivity index (χ1) is 8.04. The van der Waals surface area contributed by atoms with Gasteiger partial charge in [0.15, 0.2) is 0 Å². The fraction of sp³-hybridized carbons (Fsp3) is 0.231. The normalized spacial score (nSPS) is 10.6. The lowest BCUT2D eigenvalue weighted by molar-refractivity contribution is 0.112. The second-order valence-electron chi connectivity index (χ2n) is 4.04. The highest BCUT2D eigenvalue weighted by Gasteiger charge is 2.12. The lowest BCUT2D eigenvalue weighted by Crippen LogP contribution is -2.02. The van der Waals surface area contributed by atoms with Gasteiger partial charge in [0.05, 0.1) is 5.69 Å². The van der Waals surface area contributed by atoms with Crippen LogP contribution in [0.2, 0.25) is 0 Å². The smallest absolute Gasteiger partial charge is 0.150 e. The number of carbonyl (C=O) groups excluding carboxylic acids is 1. The topological polar surface area (TPSA) is 34.9 Å². The Balaban J connectivity index is 2.60. The van der Waals surface area contributed by atoms with Gasteiger partial charge in [0.1, 0.15) is 17.8 Å². The van der Waals surface area contributed by atoms with Gasteiger partial charge >= 0.3 is 0 Å². The predicted octanol–water partition coefficient (Wildman–Crippen LogP) is 2.75. The Morgan fingerprint density at radius 3 is 2.47 bits per heavy atom. The zero-order chi connectivity index (χ0) is 12.6. The van der Waals surface area contributed by atoms with Crippen molar-refractivity contribution in [2.45, 2.75) is 20.8 Å². The number of rotatable bonds is 2. The van der Waals surface area contributed by atoms with E-state index in [4.69, 9.17) is 0 Å². The molecule has 0 aliphatic heterocycles. The molecule has 0 unspecified atom stereocenters. The molecule has 17 heavy (non-hydrogen) atoms. The van der Waals surface area contributed by atoms with Crippen molar-refractivity contribution in [3.63, 3.8) is 0 Å². The number of halogens is 1. The van der Waals surface area contributed by atoms with Gasteiger partial charge in [-0.15, -0.1) is 0 Å². The molecule has 0 atom stereocenters. The van der Waals surface area contributed by atoms with E-state index in [0.717, 1.165) is 17.0 Å². The number of hydrogen-bond donors (Lipinski definition) is 0. The van der Waals surface area contributed by atoms with Gasteiger partial charge < -0.3 is 0 Å². The number of benzene rings is 1. The quantitative estimate of drug-likeness (QED) is 0.746. The molecule has 0 saturated heterocycles. The van der Waals surface area contributed by atoms with Gasteiger partial charge in [-0.2, -0.15) is 5.10 Å². The summed E-state index contributed by atoms with van der Waals surface area (Å²) in [5, 5.41) is 4.28. The van der Waals surface area contributed by atoms with Crippen molar-refractivity contribution in [2.75, 3.05) is 0 Å². The summed E-state index contributed by atoms with van der Waals surface area (Å²) in [4.78, 5) is 10.5. The van der Waals surface area contributed by atoms with Crippen LogP contribution in [0.15, 0.2) is 18.2 Å². The molecule has 0 fully saturated rings. The highest BCUT2D eigenvalue weighted by atomic mass is 19.1. The van der Waals surface area contributed by atoms with Crippen molar-refractivity contribution < 1.29 is 9.18 Å². The fourth-order valence-electron chi connectivity index (χ4n) is 1.72. The maximum atomic E-state index is 13.8. The number of carbonyl (C=O) groups is 1. The third-order valence-electron chi connectivity index (χ3n) is 2.99. The van der Waals surface area contributed by atoms with Gasteiger partial charge in [-0.25, -0.2) is 9.07 Å². The minimum atomic E-state index is -0.444. The maximum absolute atomic E-state index is 13.8. The van der Waals surface area contributed by atoms with E-state index >= 15 is 0 Å². The second kappa shape index (κ2) is 4.13. The molecule has 0 aliphatic rings. The molecule has 2 aromatic rings. The first-order valence-electron chi connectivity index (χ1n) is 5.32. The second-order valence-corrected chi connectivity index (χ2v) is 4.04. The van der Waals surface area contributed by atoms with Crippen molar-refractivity contribution >= 4 is 6.29 Å². The van der Waals surface area contributed by atoms with Crippen molar-refractivity contribution in [1.29, 1.82) is 0 Å². The lowest BCUT2D eigenvalue weighted by atomic mass is 10.2. The molecule has 88 valence electrons. The molecule has 1 heterocycles. The number of hydrogen-bond acceptors (Lipinski definition) is 2. The van der Waals surface area contributed by atoms with E-state index in [0.29, 0.717) is 17.5 Å². The average Bonchev–Trinajstić information content (AvgIpc) is 2.57. The van der Waals surface area contributed by atoms with Crippen LogP contribution in [0.3, 0.4) is 0 Å². The van der Waals surface area contributed by atoms with Gasteiger partial charge in [-0.3, -0.25) is 4.79 Å². The number of aldehydes is 1. The predicted molar refractivity (Wildman–Crippen MR) is 63.1 cm³/mol. The summed E-state index contributed by atoms with van der Waals surface area (Å²) in [5.74, 6) is -0.444. The molecule has 4 heteroatoms. The van der Waals surface area contributed by atoms with Gasteiger partial charge in [-0.05, 0) is 44.5 Å². The van der Waals surface area contributed by atoms with E-state index in [1.54, 1.807) is 16.8 Å². The Hall–Kier alpha value is -1.97. The van der Waals surface area contributed by atoms with E-state index in [-0.39, 0.29) is 0 Å². The zero-order valence-electron chi connectivity index (χ0n) is 9.99. The highest BCUT2D eigenvalue weighted by Crippen LogP contribution is 2.19. The zero-order valence-corrected chi connectivity index (χ0v) is 9.99. The Morgan fingerprint density at radius 2 is 2.00 bits per heavy atom. The number of aromatic nitrogens is 2. The van der Waals surface area contributed by atoms with Crippen LogP contribution in [0.1, 0.15) is 27.3 Å².